The van der Waals surface area contributed by atoms with E-state index in [1.807, 2.05) is 13.1 Å². The highest BCUT2D eigenvalue weighted by Gasteiger charge is 2.15. The van der Waals surface area contributed by atoms with Crippen LogP contribution < -0.4 is 0 Å². The molecule has 0 saturated heterocycles. The first-order valence-electron chi connectivity index (χ1n) is 6.42. The van der Waals surface area contributed by atoms with Crippen molar-refractivity contribution in [2.75, 3.05) is 7.05 Å². The van der Waals surface area contributed by atoms with Crippen LogP contribution in [0, 0.1) is 13.8 Å². The van der Waals surface area contributed by atoms with E-state index in [0.717, 1.165) is 5.69 Å². The summed E-state index contributed by atoms with van der Waals surface area (Å²) in [5, 5.41) is 13.8. The number of amides is 1. The molecular formula is C15H19N3O2. The van der Waals surface area contributed by atoms with Gasteiger partial charge in [-0.25, -0.2) is 0 Å². The lowest BCUT2D eigenvalue weighted by atomic mass is 10.0. The van der Waals surface area contributed by atoms with Gasteiger partial charge in [-0.3, -0.25) is 9.48 Å². The summed E-state index contributed by atoms with van der Waals surface area (Å²) in [7, 11) is 3.61. The molecule has 1 amide bonds. The molecule has 0 aliphatic carbocycles. The third-order valence-electron chi connectivity index (χ3n) is 3.41. The molecule has 0 aliphatic heterocycles. The van der Waals surface area contributed by atoms with Gasteiger partial charge in [-0.05, 0) is 43.2 Å². The number of aryl methyl sites for hydroxylation is 3. The highest BCUT2D eigenvalue weighted by atomic mass is 16.3. The van der Waals surface area contributed by atoms with E-state index < -0.39 is 0 Å². The normalized spacial score (nSPS) is 10.6. The van der Waals surface area contributed by atoms with Gasteiger partial charge in [0.15, 0.2) is 0 Å². The van der Waals surface area contributed by atoms with Gasteiger partial charge in [-0.15, -0.1) is 0 Å². The molecule has 0 saturated carbocycles. The van der Waals surface area contributed by atoms with Gasteiger partial charge in [0.05, 0.1) is 12.2 Å². The summed E-state index contributed by atoms with van der Waals surface area (Å²) in [6, 6.07) is 5.31. The maximum atomic E-state index is 12.4. The molecule has 0 fully saturated rings. The number of rotatable bonds is 3. The van der Waals surface area contributed by atoms with Crippen molar-refractivity contribution in [3.8, 4) is 5.75 Å². The zero-order valence-electron chi connectivity index (χ0n) is 12.2. The van der Waals surface area contributed by atoms with E-state index in [1.54, 1.807) is 48.8 Å². The van der Waals surface area contributed by atoms with Crippen LogP contribution in [0.3, 0.4) is 0 Å². The Labute approximate surface area is 118 Å². The molecule has 0 atom stereocenters. The van der Waals surface area contributed by atoms with Crippen LogP contribution in [0.25, 0.3) is 0 Å². The summed E-state index contributed by atoms with van der Waals surface area (Å²) in [5.74, 6) is 0.174. The lowest BCUT2D eigenvalue weighted by Gasteiger charge is -2.18. The second-order valence-electron chi connectivity index (χ2n) is 5.07. The van der Waals surface area contributed by atoms with Crippen LogP contribution in [0.15, 0.2) is 24.4 Å². The molecule has 0 unspecified atom stereocenters. The van der Waals surface area contributed by atoms with E-state index in [-0.39, 0.29) is 11.7 Å². The molecule has 0 aliphatic rings. The van der Waals surface area contributed by atoms with Gasteiger partial charge in [0.2, 0.25) is 0 Å². The maximum absolute atomic E-state index is 12.4. The van der Waals surface area contributed by atoms with Crippen LogP contribution in [0.5, 0.6) is 5.75 Å². The van der Waals surface area contributed by atoms with Crippen molar-refractivity contribution in [1.29, 1.82) is 0 Å². The van der Waals surface area contributed by atoms with Crippen molar-refractivity contribution < 1.29 is 9.90 Å². The first-order valence-corrected chi connectivity index (χ1v) is 6.42. The minimum atomic E-state index is -0.0719. The average molecular weight is 273 g/mol. The third-order valence-corrected chi connectivity index (χ3v) is 3.41. The fourth-order valence-corrected chi connectivity index (χ4v) is 2.17. The van der Waals surface area contributed by atoms with Gasteiger partial charge in [0.25, 0.3) is 5.91 Å². The van der Waals surface area contributed by atoms with Crippen LogP contribution >= 0.6 is 0 Å². The Morgan fingerprint density at radius 3 is 2.45 bits per heavy atom. The summed E-state index contributed by atoms with van der Waals surface area (Å²) in [6.07, 6.45) is 1.71. The molecule has 1 N–H and O–H groups in total. The van der Waals surface area contributed by atoms with Crippen LogP contribution in [-0.4, -0.2) is 32.7 Å². The Kier molecular flexibility index (Phi) is 3.79. The molecule has 106 valence electrons. The van der Waals surface area contributed by atoms with Gasteiger partial charge in [0, 0.05) is 25.9 Å². The zero-order chi connectivity index (χ0) is 14.9. The largest absolute Gasteiger partial charge is 0.507 e. The van der Waals surface area contributed by atoms with Crippen molar-refractivity contribution in [3.05, 3.63) is 46.8 Å². The van der Waals surface area contributed by atoms with Crippen molar-refractivity contribution in [2.45, 2.75) is 20.4 Å². The summed E-state index contributed by atoms with van der Waals surface area (Å²) in [4.78, 5) is 14.1. The Morgan fingerprint density at radius 1 is 1.35 bits per heavy atom. The highest BCUT2D eigenvalue weighted by Crippen LogP contribution is 2.23. The molecule has 2 aromatic rings. The van der Waals surface area contributed by atoms with Crippen LogP contribution in [0.2, 0.25) is 0 Å². The number of hydrogen-bond donors (Lipinski definition) is 1. The first-order chi connectivity index (χ1) is 9.40. The fourth-order valence-electron chi connectivity index (χ4n) is 2.17. The van der Waals surface area contributed by atoms with Crippen molar-refractivity contribution in [2.24, 2.45) is 7.05 Å². The first kappa shape index (κ1) is 14.1. The van der Waals surface area contributed by atoms with Gasteiger partial charge in [-0.2, -0.15) is 5.10 Å². The van der Waals surface area contributed by atoms with E-state index in [4.69, 9.17) is 0 Å². The number of aromatic nitrogens is 2. The second kappa shape index (κ2) is 5.36. The predicted octanol–water partition coefficient (Wildman–Crippen LogP) is 2.01. The van der Waals surface area contributed by atoms with Crippen LogP contribution in [-0.2, 0) is 13.6 Å². The van der Waals surface area contributed by atoms with E-state index in [9.17, 15) is 9.90 Å². The topological polar surface area (TPSA) is 58.4 Å². The number of phenolic OH excluding ortho intramolecular Hbond substituents is 1. The van der Waals surface area contributed by atoms with Crippen molar-refractivity contribution >= 4 is 5.91 Å². The molecule has 1 aromatic carbocycles. The monoisotopic (exact) mass is 273 g/mol. The molecule has 0 bridgehead atoms. The van der Waals surface area contributed by atoms with Gasteiger partial charge >= 0.3 is 0 Å². The summed E-state index contributed by atoms with van der Waals surface area (Å²) >= 11 is 0. The number of hydrogen-bond acceptors (Lipinski definition) is 3. The SMILES string of the molecule is Cc1cc(C(=O)N(C)Cc2ccnn2C)cc(C)c1O. The zero-order valence-corrected chi connectivity index (χ0v) is 12.2. The molecule has 0 spiro atoms. The van der Waals surface area contributed by atoms with E-state index in [0.29, 0.717) is 23.2 Å². The number of carbonyl (C=O) groups is 1. The highest BCUT2D eigenvalue weighted by molar-refractivity contribution is 5.94. The number of carbonyl (C=O) groups excluding carboxylic acids is 1. The maximum Gasteiger partial charge on any atom is 0.253 e. The average Bonchev–Trinajstić information content (AvgIpc) is 2.80. The quantitative estimate of drug-likeness (QED) is 0.930. The molecule has 1 aromatic heterocycles. The molecule has 5 heteroatoms. The molecular weight excluding hydrogens is 254 g/mol. The van der Waals surface area contributed by atoms with E-state index in [2.05, 4.69) is 5.10 Å². The van der Waals surface area contributed by atoms with Crippen molar-refractivity contribution in [3.63, 3.8) is 0 Å². The minimum Gasteiger partial charge on any atom is -0.507 e. The molecule has 1 heterocycles. The standard InChI is InChI=1S/C15H19N3O2/c1-10-7-12(8-11(2)14(10)19)15(20)17(3)9-13-5-6-16-18(13)4/h5-8,19H,9H2,1-4H3. The van der Waals surface area contributed by atoms with Gasteiger partial charge < -0.3 is 10.0 Å². The van der Waals surface area contributed by atoms with Gasteiger partial charge in [-0.1, -0.05) is 0 Å². The van der Waals surface area contributed by atoms with Crippen LogP contribution in [0.1, 0.15) is 27.2 Å². The molecule has 2 rings (SSSR count). The molecule has 20 heavy (non-hydrogen) atoms. The molecule has 5 nitrogen and oxygen atoms in total. The fraction of sp³-hybridized carbons (Fsp3) is 0.333. The summed E-state index contributed by atoms with van der Waals surface area (Å²) in [6.45, 7) is 4.08. The predicted molar refractivity (Wildman–Crippen MR) is 76.6 cm³/mol. The Hall–Kier alpha value is -2.30. The lowest BCUT2D eigenvalue weighted by Crippen LogP contribution is -2.27. The number of phenols is 1. The Bertz CT molecular complexity index is 623. The number of aromatic hydroxyl groups is 1. The Balaban J connectivity index is 2.21. The summed E-state index contributed by atoms with van der Waals surface area (Å²) < 4.78 is 1.75. The van der Waals surface area contributed by atoms with Gasteiger partial charge in [0.1, 0.15) is 5.75 Å². The Morgan fingerprint density at radius 2 is 1.95 bits per heavy atom. The minimum absolute atomic E-state index is 0.0719. The second-order valence-corrected chi connectivity index (χ2v) is 5.07. The smallest absolute Gasteiger partial charge is 0.253 e. The third kappa shape index (κ3) is 2.66. The number of benzene rings is 1. The van der Waals surface area contributed by atoms with Crippen molar-refractivity contribution in [1.82, 2.24) is 14.7 Å². The van der Waals surface area contributed by atoms with Crippen LogP contribution in [0.4, 0.5) is 0 Å². The van der Waals surface area contributed by atoms with E-state index in [1.165, 1.54) is 0 Å². The lowest BCUT2D eigenvalue weighted by molar-refractivity contribution is 0.0782. The molecule has 0 radical (unpaired) electrons. The summed E-state index contributed by atoms with van der Waals surface area (Å²) in [5.41, 5.74) is 2.97. The van der Waals surface area contributed by atoms with E-state index >= 15 is 0 Å². The number of nitrogens with zero attached hydrogens (tertiary/aromatic N) is 3.